The van der Waals surface area contributed by atoms with Crippen molar-refractivity contribution in [2.75, 3.05) is 13.2 Å². The zero-order valence-electron chi connectivity index (χ0n) is 8.85. The maximum atomic E-state index is 5.07. The van der Waals surface area contributed by atoms with E-state index in [-0.39, 0.29) is 0 Å². The Hall–Kier alpha value is -1.77. The van der Waals surface area contributed by atoms with Crippen molar-refractivity contribution in [1.82, 2.24) is 0 Å². The Balaban J connectivity index is 2.36. The number of oxime groups is 1. The second kappa shape index (κ2) is 6.65. The molecule has 0 saturated heterocycles. The molecule has 0 heterocycles. The largest absolute Gasteiger partial charge is 0.498 e. The van der Waals surface area contributed by atoms with Crippen molar-refractivity contribution in [1.29, 1.82) is 0 Å². The maximum absolute atomic E-state index is 5.07. The predicted octanol–water partition coefficient (Wildman–Crippen LogP) is 2.59. The fraction of sp³-hybridized carbons (Fsp3) is 0.250. The van der Waals surface area contributed by atoms with Crippen LogP contribution in [0.15, 0.2) is 48.3 Å². The molecule has 80 valence electrons. The molecule has 0 spiro atoms. The van der Waals surface area contributed by atoms with Gasteiger partial charge in [0.1, 0.15) is 6.61 Å². The number of hydrogen-bond acceptors (Lipinski definition) is 3. The number of benzene rings is 1. The Morgan fingerprint density at radius 3 is 2.73 bits per heavy atom. The van der Waals surface area contributed by atoms with E-state index in [1.165, 1.54) is 6.26 Å². The molecule has 0 aliphatic heterocycles. The average Bonchev–Trinajstić information content (AvgIpc) is 2.30. The summed E-state index contributed by atoms with van der Waals surface area (Å²) in [4.78, 5) is 5.07. The lowest BCUT2D eigenvalue weighted by Crippen LogP contribution is -2.00. The summed E-state index contributed by atoms with van der Waals surface area (Å²) in [6.07, 6.45) is 1.39. The van der Waals surface area contributed by atoms with Gasteiger partial charge in [-0.05, 0) is 12.5 Å². The van der Waals surface area contributed by atoms with Gasteiger partial charge in [0, 0.05) is 0 Å². The van der Waals surface area contributed by atoms with Crippen molar-refractivity contribution >= 4 is 5.71 Å². The molecular formula is C12H15NO2. The summed E-state index contributed by atoms with van der Waals surface area (Å²) >= 11 is 0. The fourth-order valence-electron chi connectivity index (χ4n) is 1.04. The minimum Gasteiger partial charge on any atom is -0.498 e. The molecule has 0 saturated carbocycles. The Kier molecular flexibility index (Phi) is 5.01. The van der Waals surface area contributed by atoms with Crippen molar-refractivity contribution in [2.45, 2.75) is 6.92 Å². The van der Waals surface area contributed by atoms with Crippen LogP contribution in [0, 0.1) is 0 Å². The van der Waals surface area contributed by atoms with E-state index >= 15 is 0 Å². The first kappa shape index (κ1) is 11.3. The van der Waals surface area contributed by atoms with Crippen LogP contribution >= 0.6 is 0 Å². The average molecular weight is 205 g/mol. The van der Waals surface area contributed by atoms with Crippen molar-refractivity contribution in [3.8, 4) is 0 Å². The van der Waals surface area contributed by atoms with Crippen molar-refractivity contribution in [3.05, 3.63) is 48.7 Å². The minimum absolute atomic E-state index is 0.427. The van der Waals surface area contributed by atoms with Crippen LogP contribution in [0.2, 0.25) is 0 Å². The lowest BCUT2D eigenvalue weighted by atomic mass is 10.1. The van der Waals surface area contributed by atoms with Crippen LogP contribution in [0.1, 0.15) is 12.5 Å². The molecule has 0 N–H and O–H groups in total. The minimum atomic E-state index is 0.427. The van der Waals surface area contributed by atoms with E-state index in [0.29, 0.717) is 13.2 Å². The van der Waals surface area contributed by atoms with Gasteiger partial charge in [-0.3, -0.25) is 0 Å². The Morgan fingerprint density at radius 1 is 1.33 bits per heavy atom. The highest BCUT2D eigenvalue weighted by atomic mass is 16.6. The molecule has 1 aromatic carbocycles. The summed E-state index contributed by atoms with van der Waals surface area (Å²) in [5, 5.41) is 3.97. The van der Waals surface area contributed by atoms with Gasteiger partial charge in [-0.15, -0.1) is 0 Å². The van der Waals surface area contributed by atoms with Gasteiger partial charge in [0.15, 0.2) is 6.61 Å². The molecule has 0 unspecified atom stereocenters. The molecule has 0 aromatic heterocycles. The molecular weight excluding hydrogens is 190 g/mol. The Bertz CT molecular complexity index is 320. The van der Waals surface area contributed by atoms with Crippen LogP contribution in [-0.4, -0.2) is 18.9 Å². The van der Waals surface area contributed by atoms with Crippen molar-refractivity contribution < 1.29 is 9.57 Å². The van der Waals surface area contributed by atoms with Gasteiger partial charge in [0.2, 0.25) is 0 Å². The topological polar surface area (TPSA) is 30.8 Å². The number of rotatable bonds is 6. The lowest BCUT2D eigenvalue weighted by Gasteiger charge is -2.02. The molecule has 0 bridgehead atoms. The third-order valence-electron chi connectivity index (χ3n) is 1.80. The van der Waals surface area contributed by atoms with Gasteiger partial charge in [-0.1, -0.05) is 42.1 Å². The SMILES string of the molecule is C=COCCON=C(C)c1ccccc1. The van der Waals surface area contributed by atoms with Crippen molar-refractivity contribution in [2.24, 2.45) is 5.16 Å². The van der Waals surface area contributed by atoms with E-state index in [9.17, 15) is 0 Å². The second-order valence-electron chi connectivity index (χ2n) is 2.91. The number of nitrogens with zero attached hydrogens (tertiary/aromatic N) is 1. The first-order chi connectivity index (χ1) is 7.34. The summed E-state index contributed by atoms with van der Waals surface area (Å²) in [6.45, 7) is 6.23. The first-order valence-electron chi connectivity index (χ1n) is 4.79. The van der Waals surface area contributed by atoms with E-state index in [1.54, 1.807) is 0 Å². The summed E-state index contributed by atoms with van der Waals surface area (Å²) in [5.41, 5.74) is 1.91. The van der Waals surface area contributed by atoms with E-state index in [0.717, 1.165) is 11.3 Å². The summed E-state index contributed by atoms with van der Waals surface area (Å²) in [5.74, 6) is 0. The molecule has 0 amide bonds. The second-order valence-corrected chi connectivity index (χ2v) is 2.91. The smallest absolute Gasteiger partial charge is 0.151 e. The third-order valence-corrected chi connectivity index (χ3v) is 1.80. The van der Waals surface area contributed by atoms with Gasteiger partial charge in [-0.25, -0.2) is 0 Å². The molecule has 0 aliphatic carbocycles. The molecule has 0 fully saturated rings. The molecule has 0 atom stereocenters. The summed E-state index contributed by atoms with van der Waals surface area (Å²) in [7, 11) is 0. The summed E-state index contributed by atoms with van der Waals surface area (Å²) < 4.78 is 4.89. The van der Waals surface area contributed by atoms with E-state index in [4.69, 9.17) is 9.57 Å². The third kappa shape index (κ3) is 4.31. The quantitative estimate of drug-likeness (QED) is 0.309. The summed E-state index contributed by atoms with van der Waals surface area (Å²) in [6, 6.07) is 9.88. The van der Waals surface area contributed by atoms with E-state index in [1.807, 2.05) is 37.3 Å². The molecule has 3 heteroatoms. The van der Waals surface area contributed by atoms with Crippen LogP contribution in [0.4, 0.5) is 0 Å². The zero-order valence-corrected chi connectivity index (χ0v) is 8.85. The van der Waals surface area contributed by atoms with Crippen LogP contribution in [0.3, 0.4) is 0 Å². The molecule has 1 rings (SSSR count). The van der Waals surface area contributed by atoms with E-state index < -0.39 is 0 Å². The van der Waals surface area contributed by atoms with Gasteiger partial charge in [0.25, 0.3) is 0 Å². The first-order valence-corrected chi connectivity index (χ1v) is 4.79. The van der Waals surface area contributed by atoms with Gasteiger partial charge in [0.05, 0.1) is 12.0 Å². The highest BCUT2D eigenvalue weighted by Crippen LogP contribution is 2.00. The molecule has 0 radical (unpaired) electrons. The molecule has 3 nitrogen and oxygen atoms in total. The van der Waals surface area contributed by atoms with Crippen LogP contribution in [0.25, 0.3) is 0 Å². The van der Waals surface area contributed by atoms with Crippen molar-refractivity contribution in [3.63, 3.8) is 0 Å². The molecule has 0 aliphatic rings. The highest BCUT2D eigenvalue weighted by Gasteiger charge is 1.95. The fourth-order valence-corrected chi connectivity index (χ4v) is 1.04. The predicted molar refractivity (Wildman–Crippen MR) is 60.8 cm³/mol. The highest BCUT2D eigenvalue weighted by molar-refractivity contribution is 5.98. The monoisotopic (exact) mass is 205 g/mol. The Morgan fingerprint density at radius 2 is 2.07 bits per heavy atom. The van der Waals surface area contributed by atoms with Gasteiger partial charge < -0.3 is 9.57 Å². The lowest BCUT2D eigenvalue weighted by molar-refractivity contribution is 0.0907. The van der Waals surface area contributed by atoms with Crippen LogP contribution in [0.5, 0.6) is 0 Å². The Labute approximate surface area is 90.0 Å². The van der Waals surface area contributed by atoms with Crippen LogP contribution < -0.4 is 0 Å². The van der Waals surface area contributed by atoms with Gasteiger partial charge in [-0.2, -0.15) is 0 Å². The maximum Gasteiger partial charge on any atom is 0.151 e. The number of ether oxygens (including phenoxy) is 1. The van der Waals surface area contributed by atoms with Gasteiger partial charge >= 0.3 is 0 Å². The standard InChI is InChI=1S/C12H15NO2/c1-3-14-9-10-15-13-11(2)12-7-5-4-6-8-12/h3-8H,1,9-10H2,2H3. The molecule has 1 aromatic rings. The van der Waals surface area contributed by atoms with Crippen LogP contribution in [-0.2, 0) is 9.57 Å². The normalized spacial score (nSPS) is 10.9. The zero-order chi connectivity index (χ0) is 10.9. The molecule has 15 heavy (non-hydrogen) atoms. The van der Waals surface area contributed by atoms with E-state index in [2.05, 4.69) is 11.7 Å². The number of hydrogen-bond donors (Lipinski definition) is 0.